The van der Waals surface area contributed by atoms with Crippen LogP contribution in [0.4, 0.5) is 5.69 Å². The van der Waals surface area contributed by atoms with Gasteiger partial charge in [-0.1, -0.05) is 24.3 Å². The fourth-order valence-electron chi connectivity index (χ4n) is 2.94. The molecule has 0 aromatic heterocycles. The molecule has 1 saturated heterocycles. The summed E-state index contributed by atoms with van der Waals surface area (Å²) in [5, 5.41) is 3.01. The number of amides is 1. The highest BCUT2D eigenvalue weighted by Crippen LogP contribution is 2.17. The first-order valence-corrected chi connectivity index (χ1v) is 10.2. The Morgan fingerprint density at radius 3 is 2.58 bits per heavy atom. The van der Waals surface area contributed by atoms with E-state index in [1.807, 2.05) is 36.0 Å². The van der Waals surface area contributed by atoms with Crippen molar-refractivity contribution in [3.05, 3.63) is 65.2 Å². The van der Waals surface area contributed by atoms with Crippen LogP contribution in [0.1, 0.15) is 21.5 Å². The largest absolute Gasteiger partial charge is 0.378 e. The Morgan fingerprint density at radius 2 is 1.85 bits per heavy atom. The summed E-state index contributed by atoms with van der Waals surface area (Å²) < 4.78 is 5.37. The van der Waals surface area contributed by atoms with Gasteiger partial charge in [-0.15, -0.1) is 0 Å². The molecule has 5 heteroatoms. The molecule has 1 heterocycles. The number of morpholine rings is 1. The second kappa shape index (κ2) is 9.64. The van der Waals surface area contributed by atoms with Crippen LogP contribution >= 0.6 is 11.8 Å². The van der Waals surface area contributed by atoms with Gasteiger partial charge < -0.3 is 15.0 Å². The van der Waals surface area contributed by atoms with Crippen molar-refractivity contribution in [1.29, 1.82) is 0 Å². The molecule has 0 aliphatic carbocycles. The normalized spacial score (nSPS) is 14.3. The molecule has 26 heavy (non-hydrogen) atoms. The Kier molecular flexibility index (Phi) is 6.97. The first kappa shape index (κ1) is 18.8. The Balaban J connectivity index is 1.40. The highest BCUT2D eigenvalue weighted by molar-refractivity contribution is 7.98. The number of anilines is 1. The van der Waals surface area contributed by atoms with Crippen molar-refractivity contribution in [2.75, 3.05) is 43.5 Å². The van der Waals surface area contributed by atoms with Crippen LogP contribution in [-0.4, -0.2) is 44.5 Å². The van der Waals surface area contributed by atoms with E-state index in [2.05, 4.69) is 41.4 Å². The molecular weight excluding hydrogens is 344 g/mol. The third-order valence-electron chi connectivity index (χ3n) is 4.56. The minimum Gasteiger partial charge on any atom is -0.378 e. The molecule has 0 bridgehead atoms. The number of rotatable bonds is 7. The Morgan fingerprint density at radius 1 is 1.12 bits per heavy atom. The molecule has 4 nitrogen and oxygen atoms in total. The lowest BCUT2D eigenvalue weighted by Crippen LogP contribution is -2.36. The van der Waals surface area contributed by atoms with E-state index in [4.69, 9.17) is 4.74 Å². The number of carbonyl (C=O) groups is 1. The second-order valence-electron chi connectivity index (χ2n) is 6.38. The van der Waals surface area contributed by atoms with Crippen molar-refractivity contribution in [3.8, 4) is 0 Å². The zero-order chi connectivity index (χ0) is 18.2. The molecule has 0 unspecified atom stereocenters. The summed E-state index contributed by atoms with van der Waals surface area (Å²) in [6.45, 7) is 6.16. The average Bonchev–Trinajstić information content (AvgIpc) is 2.70. The van der Waals surface area contributed by atoms with E-state index in [1.54, 1.807) is 0 Å². The van der Waals surface area contributed by atoms with E-state index in [1.165, 1.54) is 11.1 Å². The molecule has 1 fully saturated rings. The number of nitrogens with zero attached hydrogens (tertiary/aromatic N) is 1. The van der Waals surface area contributed by atoms with Crippen molar-refractivity contribution in [3.63, 3.8) is 0 Å². The average molecular weight is 371 g/mol. The summed E-state index contributed by atoms with van der Waals surface area (Å²) in [4.78, 5) is 14.6. The molecule has 0 radical (unpaired) electrons. The fraction of sp³-hybridized carbons (Fsp3) is 0.381. The smallest absolute Gasteiger partial charge is 0.251 e. The molecule has 1 aliphatic rings. The van der Waals surface area contributed by atoms with Gasteiger partial charge in [0, 0.05) is 42.4 Å². The van der Waals surface area contributed by atoms with Crippen LogP contribution in [-0.2, 0) is 10.5 Å². The lowest BCUT2D eigenvalue weighted by Gasteiger charge is -2.28. The maximum absolute atomic E-state index is 12.3. The van der Waals surface area contributed by atoms with E-state index in [0.29, 0.717) is 12.1 Å². The standard InChI is InChI=1S/C21H26N2O2S/c1-17-4-2-3-5-19(17)16-26-15-10-22-21(24)18-6-8-20(9-7-18)23-11-13-25-14-12-23/h2-9H,10-16H2,1H3,(H,22,24). The molecule has 1 N–H and O–H groups in total. The molecule has 0 atom stereocenters. The van der Waals surface area contributed by atoms with E-state index in [0.717, 1.165) is 43.5 Å². The van der Waals surface area contributed by atoms with Gasteiger partial charge in [-0.2, -0.15) is 11.8 Å². The molecule has 2 aromatic rings. The summed E-state index contributed by atoms with van der Waals surface area (Å²) in [5.74, 6) is 1.89. The van der Waals surface area contributed by atoms with E-state index < -0.39 is 0 Å². The van der Waals surface area contributed by atoms with Gasteiger partial charge in [0.05, 0.1) is 13.2 Å². The van der Waals surface area contributed by atoms with E-state index in [-0.39, 0.29) is 5.91 Å². The number of benzene rings is 2. The Labute approximate surface area is 159 Å². The summed E-state index contributed by atoms with van der Waals surface area (Å²) in [6.07, 6.45) is 0. The van der Waals surface area contributed by atoms with Crippen molar-refractivity contribution >= 4 is 23.4 Å². The maximum atomic E-state index is 12.3. The van der Waals surface area contributed by atoms with Crippen LogP contribution in [0.2, 0.25) is 0 Å². The van der Waals surface area contributed by atoms with Crippen LogP contribution in [0.15, 0.2) is 48.5 Å². The highest BCUT2D eigenvalue weighted by atomic mass is 32.2. The van der Waals surface area contributed by atoms with Gasteiger partial charge in [0.15, 0.2) is 0 Å². The highest BCUT2D eigenvalue weighted by Gasteiger charge is 2.12. The molecule has 0 spiro atoms. The first-order valence-electron chi connectivity index (χ1n) is 9.07. The van der Waals surface area contributed by atoms with Crippen LogP contribution in [0.25, 0.3) is 0 Å². The van der Waals surface area contributed by atoms with Gasteiger partial charge in [0.1, 0.15) is 0 Å². The lowest BCUT2D eigenvalue weighted by atomic mass is 10.1. The van der Waals surface area contributed by atoms with Crippen LogP contribution in [0.3, 0.4) is 0 Å². The third-order valence-corrected chi connectivity index (χ3v) is 5.56. The number of carbonyl (C=O) groups excluding carboxylic acids is 1. The number of nitrogens with one attached hydrogen (secondary N) is 1. The summed E-state index contributed by atoms with van der Waals surface area (Å²) >= 11 is 1.85. The number of hydrogen-bond donors (Lipinski definition) is 1. The topological polar surface area (TPSA) is 41.6 Å². The van der Waals surface area contributed by atoms with Gasteiger partial charge in [-0.25, -0.2) is 0 Å². The molecule has 1 aliphatic heterocycles. The number of thioether (sulfide) groups is 1. The molecule has 138 valence electrons. The van der Waals surface area contributed by atoms with E-state index >= 15 is 0 Å². The van der Waals surface area contributed by atoms with Gasteiger partial charge in [0.25, 0.3) is 5.91 Å². The van der Waals surface area contributed by atoms with Crippen molar-refractivity contribution < 1.29 is 9.53 Å². The quantitative estimate of drug-likeness (QED) is 0.758. The minimum atomic E-state index is -0.00461. The SMILES string of the molecule is Cc1ccccc1CSCCNC(=O)c1ccc(N2CCOCC2)cc1. The van der Waals surface area contributed by atoms with Crippen LogP contribution in [0, 0.1) is 6.92 Å². The molecule has 3 rings (SSSR count). The van der Waals surface area contributed by atoms with Crippen molar-refractivity contribution in [1.82, 2.24) is 5.32 Å². The Hall–Kier alpha value is -1.98. The number of ether oxygens (including phenoxy) is 1. The van der Waals surface area contributed by atoms with Crippen LogP contribution < -0.4 is 10.2 Å². The molecule has 2 aromatic carbocycles. The van der Waals surface area contributed by atoms with Gasteiger partial charge >= 0.3 is 0 Å². The van der Waals surface area contributed by atoms with Gasteiger partial charge in [-0.05, 0) is 42.3 Å². The number of hydrogen-bond acceptors (Lipinski definition) is 4. The monoisotopic (exact) mass is 370 g/mol. The summed E-state index contributed by atoms with van der Waals surface area (Å²) in [7, 11) is 0. The maximum Gasteiger partial charge on any atom is 0.251 e. The zero-order valence-electron chi connectivity index (χ0n) is 15.2. The van der Waals surface area contributed by atoms with E-state index in [9.17, 15) is 4.79 Å². The lowest BCUT2D eigenvalue weighted by molar-refractivity contribution is 0.0956. The predicted molar refractivity (Wildman–Crippen MR) is 109 cm³/mol. The minimum absolute atomic E-state index is 0.00461. The van der Waals surface area contributed by atoms with Gasteiger partial charge in [-0.3, -0.25) is 4.79 Å². The fourth-order valence-corrected chi connectivity index (χ4v) is 3.87. The second-order valence-corrected chi connectivity index (χ2v) is 7.49. The summed E-state index contributed by atoms with van der Waals surface area (Å²) in [6, 6.07) is 16.3. The third kappa shape index (κ3) is 5.26. The predicted octanol–water partition coefficient (Wildman–Crippen LogP) is 3.49. The molecule has 0 saturated carbocycles. The van der Waals surface area contributed by atoms with Crippen molar-refractivity contribution in [2.45, 2.75) is 12.7 Å². The zero-order valence-corrected chi connectivity index (χ0v) is 16.1. The first-order chi connectivity index (χ1) is 12.7. The van der Waals surface area contributed by atoms with Crippen molar-refractivity contribution in [2.24, 2.45) is 0 Å². The van der Waals surface area contributed by atoms with Gasteiger partial charge in [0.2, 0.25) is 0 Å². The number of aryl methyl sites for hydroxylation is 1. The Bertz CT molecular complexity index is 712. The van der Waals surface area contributed by atoms with Crippen LogP contribution in [0.5, 0.6) is 0 Å². The molecule has 1 amide bonds. The summed E-state index contributed by atoms with van der Waals surface area (Å²) in [5.41, 5.74) is 4.55. The molecular formula is C21H26N2O2S.